The topological polar surface area (TPSA) is 139 Å². The quantitative estimate of drug-likeness (QED) is 0.0899. The number of para-hydroxylation sites is 1. The van der Waals surface area contributed by atoms with E-state index < -0.39 is 0 Å². The van der Waals surface area contributed by atoms with E-state index in [1.54, 1.807) is 36.7 Å². The molecule has 1 fully saturated rings. The van der Waals surface area contributed by atoms with E-state index in [0.717, 1.165) is 92.2 Å². The van der Waals surface area contributed by atoms with E-state index in [4.69, 9.17) is 0 Å². The highest BCUT2D eigenvalue weighted by Gasteiger charge is 2.45. The van der Waals surface area contributed by atoms with Gasteiger partial charge in [-0.1, -0.05) is 30.3 Å². The summed E-state index contributed by atoms with van der Waals surface area (Å²) in [6.45, 7) is 7.38. The van der Waals surface area contributed by atoms with Crippen LogP contribution in [0.5, 0.6) is 5.75 Å². The van der Waals surface area contributed by atoms with Crippen molar-refractivity contribution in [2.75, 3.05) is 62.6 Å². The lowest BCUT2D eigenvalue weighted by Gasteiger charge is -2.37. The van der Waals surface area contributed by atoms with Crippen LogP contribution < -0.4 is 15.5 Å². The van der Waals surface area contributed by atoms with E-state index >= 15 is 0 Å². The highest BCUT2D eigenvalue weighted by molar-refractivity contribution is 6.19. The Morgan fingerprint density at radius 2 is 1.65 bits per heavy atom. The minimum atomic E-state index is -0.333. The number of nitrogens with zero attached hydrogens (tertiary/aromatic N) is 6. The monoisotopic (exact) mass is 658 g/mol. The number of piperazine rings is 1. The second-order valence-corrected chi connectivity index (χ2v) is 13.0. The minimum absolute atomic E-state index is 0.0513. The van der Waals surface area contributed by atoms with E-state index in [9.17, 15) is 20.0 Å². The maximum atomic E-state index is 13.6. The number of aromatic hydroxyl groups is 1. The number of fused-ring (bicyclic) bond motifs is 4. The molecule has 2 atom stereocenters. The number of anilines is 2. The third-order valence-corrected chi connectivity index (χ3v) is 10.0. The maximum absolute atomic E-state index is 13.6. The van der Waals surface area contributed by atoms with Crippen LogP contribution in [0.25, 0.3) is 21.8 Å². The van der Waals surface area contributed by atoms with Crippen molar-refractivity contribution in [2.24, 2.45) is 4.99 Å². The van der Waals surface area contributed by atoms with Gasteiger partial charge in [0.05, 0.1) is 45.8 Å². The molecule has 2 unspecified atom stereocenters. The first-order chi connectivity index (χ1) is 24.0. The average molecular weight is 659 g/mol. The van der Waals surface area contributed by atoms with Crippen LogP contribution in [0.3, 0.4) is 0 Å². The summed E-state index contributed by atoms with van der Waals surface area (Å²) in [6.07, 6.45) is 7.72. The first-order valence-corrected chi connectivity index (χ1v) is 17.0. The number of aliphatic imine (C=N–C) groups is 1. The zero-order chi connectivity index (χ0) is 33.5. The van der Waals surface area contributed by atoms with Crippen LogP contribution in [0.2, 0.25) is 0 Å². The molecule has 250 valence electrons. The maximum Gasteiger partial charge on any atom is 0.280 e. The average Bonchev–Trinajstić information content (AvgIpc) is 3.55. The van der Waals surface area contributed by atoms with E-state index in [0.29, 0.717) is 23.0 Å². The predicted octanol–water partition coefficient (Wildman–Crippen LogP) is 4.71. The zero-order valence-corrected chi connectivity index (χ0v) is 27.1. The van der Waals surface area contributed by atoms with Crippen molar-refractivity contribution in [1.82, 2.24) is 20.1 Å². The molecule has 4 aromatic rings. The van der Waals surface area contributed by atoms with Gasteiger partial charge in [-0.15, -0.1) is 0 Å². The van der Waals surface area contributed by atoms with Crippen LogP contribution in [-0.2, 0) is 0 Å². The number of hydrogen-bond donors (Lipinski definition) is 3. The molecule has 49 heavy (non-hydrogen) atoms. The van der Waals surface area contributed by atoms with Gasteiger partial charge in [0.2, 0.25) is 0 Å². The summed E-state index contributed by atoms with van der Waals surface area (Å²) in [5, 5.41) is 30.4. The molecule has 1 aliphatic carbocycles. The number of nitrogens with one attached hydrogen (secondary N) is 2. The lowest BCUT2D eigenvalue weighted by Crippen LogP contribution is -2.47. The first-order valence-electron chi connectivity index (χ1n) is 17.0. The van der Waals surface area contributed by atoms with Crippen molar-refractivity contribution in [3.63, 3.8) is 0 Å². The number of allylic oxidation sites excluding steroid dienone is 1. The van der Waals surface area contributed by atoms with Gasteiger partial charge in [-0.2, -0.15) is 0 Å². The Hall–Kier alpha value is -5.33. The van der Waals surface area contributed by atoms with Gasteiger partial charge in [0.25, 0.3) is 5.69 Å². The van der Waals surface area contributed by atoms with Crippen LogP contribution in [0.15, 0.2) is 89.1 Å². The van der Waals surface area contributed by atoms with Crippen molar-refractivity contribution in [1.29, 1.82) is 0 Å². The minimum Gasteiger partial charge on any atom is -0.508 e. The number of pyridine rings is 1. The molecule has 3 aliphatic heterocycles. The van der Waals surface area contributed by atoms with Gasteiger partial charge in [-0.25, -0.2) is 4.98 Å². The largest absolute Gasteiger partial charge is 0.508 e. The number of aromatic nitrogens is 1. The molecule has 8 rings (SSSR count). The number of carbonyl (C=O) groups is 1. The molecular weight excluding hydrogens is 620 g/mol. The number of ketones is 1. The number of nitro groups is 1. The molecule has 1 saturated heterocycles. The SMILES string of the molecule is O=C1C2=C(NCCCN3CCN(CCCNc4c5ccccc5nc5cccc([N+](=O)[O-])c45)CC3)C=CC3N=CN(c4ccc(O)cc41)C23. The van der Waals surface area contributed by atoms with E-state index in [1.807, 2.05) is 41.3 Å². The molecule has 3 N–H and O–H groups in total. The lowest BCUT2D eigenvalue weighted by molar-refractivity contribution is -0.383. The molecule has 0 spiro atoms. The fraction of sp³-hybridized carbons (Fsp3) is 0.324. The second kappa shape index (κ2) is 12.9. The van der Waals surface area contributed by atoms with Gasteiger partial charge in [0.15, 0.2) is 5.78 Å². The van der Waals surface area contributed by atoms with Crippen LogP contribution in [0, 0.1) is 10.1 Å². The number of phenols is 1. The summed E-state index contributed by atoms with van der Waals surface area (Å²) in [5.41, 5.74) is 5.13. The van der Waals surface area contributed by atoms with E-state index in [-0.39, 0.29) is 34.2 Å². The highest BCUT2D eigenvalue weighted by atomic mass is 16.6. The lowest BCUT2D eigenvalue weighted by atomic mass is 9.82. The van der Waals surface area contributed by atoms with Gasteiger partial charge in [0, 0.05) is 67.6 Å². The number of rotatable bonds is 11. The molecule has 12 nitrogen and oxygen atoms in total. The highest BCUT2D eigenvalue weighted by Crippen LogP contribution is 2.42. The number of non-ortho nitro benzene ring substituents is 1. The van der Waals surface area contributed by atoms with Gasteiger partial charge in [-0.05, 0) is 62.3 Å². The number of carbonyl (C=O) groups excluding carboxylic acids is 1. The summed E-state index contributed by atoms with van der Waals surface area (Å²) in [7, 11) is 0. The fourth-order valence-corrected chi connectivity index (χ4v) is 7.61. The smallest absolute Gasteiger partial charge is 0.280 e. The Balaban J connectivity index is 0.820. The summed E-state index contributed by atoms with van der Waals surface area (Å²) < 4.78 is 0. The summed E-state index contributed by atoms with van der Waals surface area (Å²) in [6, 6.07) is 17.5. The molecule has 0 saturated carbocycles. The van der Waals surface area contributed by atoms with Gasteiger partial charge < -0.3 is 30.4 Å². The molecule has 4 heterocycles. The van der Waals surface area contributed by atoms with Crippen molar-refractivity contribution in [3.8, 4) is 5.75 Å². The number of nitro benzene ring substituents is 1. The van der Waals surface area contributed by atoms with E-state index in [2.05, 4.69) is 36.5 Å². The molecule has 12 heteroatoms. The number of hydrogen-bond acceptors (Lipinski definition) is 11. The third-order valence-electron chi connectivity index (χ3n) is 10.0. The van der Waals surface area contributed by atoms with Crippen molar-refractivity contribution in [2.45, 2.75) is 24.9 Å². The summed E-state index contributed by atoms with van der Waals surface area (Å²) in [4.78, 5) is 41.4. The zero-order valence-electron chi connectivity index (χ0n) is 27.1. The van der Waals surface area contributed by atoms with Crippen molar-refractivity contribution < 1.29 is 14.8 Å². The normalized spacial score (nSPS) is 20.2. The van der Waals surface area contributed by atoms with Crippen LogP contribution >= 0.6 is 0 Å². The van der Waals surface area contributed by atoms with Crippen LogP contribution in [0.1, 0.15) is 23.2 Å². The van der Waals surface area contributed by atoms with Crippen LogP contribution in [0.4, 0.5) is 17.1 Å². The molecule has 4 aliphatic rings. The Labute approximate surface area is 283 Å². The molecule has 1 aromatic heterocycles. The third kappa shape index (κ3) is 5.76. The van der Waals surface area contributed by atoms with Crippen molar-refractivity contribution in [3.05, 3.63) is 99.8 Å². The Kier molecular flexibility index (Phi) is 8.18. The molecule has 3 aromatic carbocycles. The van der Waals surface area contributed by atoms with Gasteiger partial charge in [0.1, 0.15) is 11.1 Å². The Morgan fingerprint density at radius 1 is 0.918 bits per heavy atom. The van der Waals surface area contributed by atoms with Crippen LogP contribution in [-0.4, -0.2) is 101 Å². The molecule has 0 radical (unpaired) electrons. The van der Waals surface area contributed by atoms with Crippen molar-refractivity contribution >= 4 is 51.0 Å². The number of phenolic OH excluding ortho intramolecular Hbond substituents is 1. The predicted molar refractivity (Wildman–Crippen MR) is 192 cm³/mol. The first kappa shape index (κ1) is 31.0. The summed E-state index contributed by atoms with van der Waals surface area (Å²) in [5.74, 6) is 0.0294. The molecule has 0 bridgehead atoms. The number of benzene rings is 3. The summed E-state index contributed by atoms with van der Waals surface area (Å²) >= 11 is 0. The Morgan fingerprint density at radius 3 is 2.43 bits per heavy atom. The fourth-order valence-electron chi connectivity index (χ4n) is 7.61. The molecular formula is C37H38N8O4. The van der Waals surface area contributed by atoms with E-state index in [1.165, 1.54) is 0 Å². The Bertz CT molecular complexity index is 2050. The molecule has 0 amide bonds. The standard InChI is InChI=1S/C37H38N8O4/c46-24-10-13-31-26(22-24)37(47)34-28(11-12-30-36(34)44(31)23-40-30)38-14-4-16-42-18-20-43(21-19-42)17-5-15-39-35-25-6-1-2-7-27(25)41-29-8-3-9-32(33(29)35)45(48)49/h1-3,6-13,22-23,30,36,38,46H,4-5,14-21H2,(H,39,41). The number of Topliss-reactive ketones (excluding diaryl/α,β-unsaturated/α-hetero) is 1. The second-order valence-electron chi connectivity index (χ2n) is 13.0. The van der Waals surface area contributed by atoms with Gasteiger partial charge in [-0.3, -0.25) is 19.9 Å². The van der Waals surface area contributed by atoms with Gasteiger partial charge >= 0.3 is 0 Å².